The van der Waals surface area contributed by atoms with Crippen molar-refractivity contribution in [3.8, 4) is 0 Å². The van der Waals surface area contributed by atoms with Crippen LogP contribution in [0.15, 0.2) is 30.3 Å². The highest BCUT2D eigenvalue weighted by molar-refractivity contribution is 5.91. The van der Waals surface area contributed by atoms with Gasteiger partial charge in [-0.3, -0.25) is 4.79 Å². The summed E-state index contributed by atoms with van der Waals surface area (Å²) in [7, 11) is 3.91. The van der Waals surface area contributed by atoms with Crippen molar-refractivity contribution in [2.45, 2.75) is 39.0 Å². The van der Waals surface area contributed by atoms with E-state index < -0.39 is 0 Å². The molecule has 0 atom stereocenters. The molecule has 0 saturated heterocycles. The van der Waals surface area contributed by atoms with Gasteiger partial charge in [-0.15, -0.1) is 0 Å². The van der Waals surface area contributed by atoms with E-state index in [4.69, 9.17) is 0 Å². The predicted octanol–water partition coefficient (Wildman–Crippen LogP) is 4.11. The molecule has 2 N–H and O–H groups in total. The molecule has 1 aromatic carbocycles. The summed E-state index contributed by atoms with van der Waals surface area (Å²) in [6.45, 7) is 1.95. The molecular formula is C20H27N5O. The molecule has 1 aromatic heterocycles. The number of hydrogen-bond donors (Lipinski definition) is 2. The van der Waals surface area contributed by atoms with Crippen LogP contribution >= 0.6 is 0 Å². The van der Waals surface area contributed by atoms with Crippen molar-refractivity contribution in [3.05, 3.63) is 36.0 Å². The largest absolute Gasteiger partial charge is 0.363 e. The molecule has 1 aliphatic rings. The number of nitrogens with zero attached hydrogens (tertiary/aromatic N) is 3. The molecule has 3 rings (SSSR count). The van der Waals surface area contributed by atoms with Gasteiger partial charge in [-0.25, -0.2) is 4.98 Å². The minimum absolute atomic E-state index is 0.107. The van der Waals surface area contributed by atoms with Crippen LogP contribution in [0.5, 0.6) is 0 Å². The van der Waals surface area contributed by atoms with Crippen LogP contribution in [-0.4, -0.2) is 30.0 Å². The van der Waals surface area contributed by atoms with Crippen molar-refractivity contribution >= 4 is 29.0 Å². The molecule has 2 aromatic rings. The first-order chi connectivity index (χ1) is 12.5. The van der Waals surface area contributed by atoms with E-state index in [2.05, 4.69) is 20.6 Å². The Morgan fingerprint density at radius 3 is 2.42 bits per heavy atom. The Labute approximate surface area is 155 Å². The van der Waals surface area contributed by atoms with Gasteiger partial charge in [0.1, 0.15) is 5.82 Å². The second kappa shape index (κ2) is 8.17. The standard InChI is InChI=1S/C20H27N5O/c1-14-12-18(25(2)3)24-20(21-14)23-17-10-8-16(9-11-17)22-19(26)13-15-6-4-5-7-15/h8-12,15H,4-7,13H2,1-3H3,(H,22,26)(H,21,23,24). The second-order valence-corrected chi connectivity index (χ2v) is 7.19. The maximum Gasteiger partial charge on any atom is 0.229 e. The average Bonchev–Trinajstić information content (AvgIpc) is 3.09. The second-order valence-electron chi connectivity index (χ2n) is 7.19. The van der Waals surface area contributed by atoms with Gasteiger partial charge in [0.25, 0.3) is 0 Å². The number of rotatable bonds is 6. The van der Waals surface area contributed by atoms with Gasteiger partial charge in [-0.2, -0.15) is 4.98 Å². The van der Waals surface area contributed by atoms with Gasteiger partial charge in [0.05, 0.1) is 0 Å². The van der Waals surface area contributed by atoms with E-state index in [0.717, 1.165) is 22.9 Å². The molecule has 0 spiro atoms. The third-order valence-corrected chi connectivity index (χ3v) is 4.67. The molecule has 0 unspecified atom stereocenters. The van der Waals surface area contributed by atoms with E-state index in [9.17, 15) is 4.79 Å². The van der Waals surface area contributed by atoms with Crippen molar-refractivity contribution in [3.63, 3.8) is 0 Å². The Hall–Kier alpha value is -2.63. The minimum atomic E-state index is 0.107. The Morgan fingerprint density at radius 1 is 1.12 bits per heavy atom. The summed E-state index contributed by atoms with van der Waals surface area (Å²) < 4.78 is 0. The molecule has 26 heavy (non-hydrogen) atoms. The number of aromatic nitrogens is 2. The van der Waals surface area contributed by atoms with Gasteiger partial charge in [0.2, 0.25) is 11.9 Å². The zero-order valence-corrected chi connectivity index (χ0v) is 15.7. The lowest BCUT2D eigenvalue weighted by Gasteiger charge is -2.14. The summed E-state index contributed by atoms with van der Waals surface area (Å²) in [6.07, 6.45) is 5.51. The van der Waals surface area contributed by atoms with Gasteiger partial charge in [-0.05, 0) is 49.9 Å². The minimum Gasteiger partial charge on any atom is -0.363 e. The van der Waals surface area contributed by atoms with Crippen molar-refractivity contribution < 1.29 is 4.79 Å². The molecule has 0 bridgehead atoms. The maximum atomic E-state index is 12.1. The number of benzene rings is 1. The van der Waals surface area contributed by atoms with Crippen LogP contribution in [0, 0.1) is 12.8 Å². The van der Waals surface area contributed by atoms with Gasteiger partial charge in [0, 0.05) is 43.7 Å². The molecule has 0 radical (unpaired) electrons. The van der Waals surface area contributed by atoms with E-state index in [0.29, 0.717) is 18.3 Å². The topological polar surface area (TPSA) is 70.2 Å². The number of aryl methyl sites for hydroxylation is 1. The highest BCUT2D eigenvalue weighted by atomic mass is 16.1. The lowest BCUT2D eigenvalue weighted by atomic mass is 10.0. The highest BCUT2D eigenvalue weighted by Gasteiger charge is 2.18. The fourth-order valence-electron chi connectivity index (χ4n) is 3.29. The van der Waals surface area contributed by atoms with E-state index in [1.165, 1.54) is 25.7 Å². The first-order valence-corrected chi connectivity index (χ1v) is 9.19. The van der Waals surface area contributed by atoms with Crippen molar-refractivity contribution in [1.82, 2.24) is 9.97 Å². The maximum absolute atomic E-state index is 12.1. The van der Waals surface area contributed by atoms with Crippen molar-refractivity contribution in [2.24, 2.45) is 5.92 Å². The van der Waals surface area contributed by atoms with Gasteiger partial charge < -0.3 is 15.5 Å². The summed E-state index contributed by atoms with van der Waals surface area (Å²) in [5, 5.41) is 6.21. The Bertz CT molecular complexity index is 751. The molecule has 1 aliphatic carbocycles. The fraction of sp³-hybridized carbons (Fsp3) is 0.450. The molecule has 138 valence electrons. The lowest BCUT2D eigenvalue weighted by Crippen LogP contribution is -2.15. The molecule has 1 saturated carbocycles. The normalized spacial score (nSPS) is 14.3. The third kappa shape index (κ3) is 4.94. The van der Waals surface area contributed by atoms with Gasteiger partial charge in [0.15, 0.2) is 0 Å². The Kier molecular flexibility index (Phi) is 5.71. The zero-order chi connectivity index (χ0) is 18.5. The zero-order valence-electron chi connectivity index (χ0n) is 15.7. The summed E-state index contributed by atoms with van der Waals surface area (Å²) in [6, 6.07) is 9.58. The lowest BCUT2D eigenvalue weighted by molar-refractivity contribution is -0.117. The summed E-state index contributed by atoms with van der Waals surface area (Å²) >= 11 is 0. The van der Waals surface area contributed by atoms with E-state index in [-0.39, 0.29) is 5.91 Å². The van der Waals surface area contributed by atoms with Crippen LogP contribution in [0.4, 0.5) is 23.1 Å². The molecule has 0 aliphatic heterocycles. The third-order valence-electron chi connectivity index (χ3n) is 4.67. The molecule has 1 amide bonds. The predicted molar refractivity (Wildman–Crippen MR) is 106 cm³/mol. The molecule has 1 fully saturated rings. The number of hydrogen-bond acceptors (Lipinski definition) is 5. The van der Waals surface area contributed by atoms with Crippen LogP contribution in [-0.2, 0) is 4.79 Å². The molecule has 6 heteroatoms. The summed E-state index contributed by atoms with van der Waals surface area (Å²) in [5.41, 5.74) is 2.61. The van der Waals surface area contributed by atoms with E-state index >= 15 is 0 Å². The fourth-order valence-corrected chi connectivity index (χ4v) is 3.29. The summed E-state index contributed by atoms with van der Waals surface area (Å²) in [5.74, 6) is 2.08. The van der Waals surface area contributed by atoms with Crippen molar-refractivity contribution in [2.75, 3.05) is 29.6 Å². The average molecular weight is 353 g/mol. The number of anilines is 4. The summed E-state index contributed by atoms with van der Waals surface area (Å²) in [4.78, 5) is 23.0. The van der Waals surface area contributed by atoms with Gasteiger partial charge in [-0.1, -0.05) is 12.8 Å². The van der Waals surface area contributed by atoms with Crippen molar-refractivity contribution in [1.29, 1.82) is 0 Å². The van der Waals surface area contributed by atoms with Crippen LogP contribution < -0.4 is 15.5 Å². The molecular weight excluding hydrogens is 326 g/mol. The number of amides is 1. The smallest absolute Gasteiger partial charge is 0.229 e. The van der Waals surface area contributed by atoms with Crippen LogP contribution in [0.25, 0.3) is 0 Å². The van der Waals surface area contributed by atoms with Crippen LogP contribution in [0.1, 0.15) is 37.8 Å². The first kappa shape index (κ1) is 18.2. The number of carbonyl (C=O) groups is 1. The van der Waals surface area contributed by atoms with E-state index in [1.807, 2.05) is 56.3 Å². The van der Waals surface area contributed by atoms with Gasteiger partial charge >= 0.3 is 0 Å². The number of carbonyl (C=O) groups excluding carboxylic acids is 1. The molecule has 1 heterocycles. The first-order valence-electron chi connectivity index (χ1n) is 9.19. The Balaban J connectivity index is 1.60. The highest BCUT2D eigenvalue weighted by Crippen LogP contribution is 2.28. The monoisotopic (exact) mass is 353 g/mol. The Morgan fingerprint density at radius 2 is 1.77 bits per heavy atom. The quantitative estimate of drug-likeness (QED) is 0.818. The van der Waals surface area contributed by atoms with Crippen LogP contribution in [0.3, 0.4) is 0 Å². The van der Waals surface area contributed by atoms with Crippen LogP contribution in [0.2, 0.25) is 0 Å². The molecule has 6 nitrogen and oxygen atoms in total. The number of nitrogens with one attached hydrogen (secondary N) is 2. The van der Waals surface area contributed by atoms with E-state index in [1.54, 1.807) is 0 Å². The SMILES string of the molecule is Cc1cc(N(C)C)nc(Nc2ccc(NC(=O)CC3CCCC3)cc2)n1.